The lowest BCUT2D eigenvalue weighted by molar-refractivity contribution is -0.111. The molecule has 0 atom stereocenters. The molecule has 96 valence electrons. The van der Waals surface area contributed by atoms with Crippen LogP contribution in [0.4, 0.5) is 5.69 Å². The summed E-state index contributed by atoms with van der Waals surface area (Å²) < 4.78 is 0. The van der Waals surface area contributed by atoms with Gasteiger partial charge in [-0.2, -0.15) is 0 Å². The number of benzene rings is 1. The van der Waals surface area contributed by atoms with E-state index >= 15 is 0 Å². The quantitative estimate of drug-likeness (QED) is 0.831. The number of hydrogen-bond donors (Lipinski definition) is 1. The second-order valence-electron chi connectivity index (χ2n) is 4.22. The zero-order valence-electron chi connectivity index (χ0n) is 11.2. The highest BCUT2D eigenvalue weighted by molar-refractivity contribution is 6.01. The smallest absolute Gasteiger partial charge is 0.253 e. The van der Waals surface area contributed by atoms with E-state index < -0.39 is 0 Å². The molecule has 1 N–H and O–H groups in total. The minimum Gasteiger partial charge on any atom is -0.345 e. The van der Waals surface area contributed by atoms with Gasteiger partial charge in [0.1, 0.15) is 0 Å². The van der Waals surface area contributed by atoms with Crippen LogP contribution in [0.25, 0.3) is 0 Å². The Morgan fingerprint density at radius 1 is 1.28 bits per heavy atom. The number of amides is 2. The topological polar surface area (TPSA) is 49.4 Å². The van der Waals surface area contributed by atoms with Gasteiger partial charge >= 0.3 is 0 Å². The number of hydrogen-bond acceptors (Lipinski definition) is 2. The number of allylic oxidation sites excluding steroid dienone is 1. The Bertz CT molecular complexity index is 491. The lowest BCUT2D eigenvalue weighted by Crippen LogP contribution is -2.22. The number of rotatable bonds is 3. The Morgan fingerprint density at radius 2 is 1.94 bits per heavy atom. The third-order valence-electron chi connectivity index (χ3n) is 2.47. The van der Waals surface area contributed by atoms with E-state index in [2.05, 4.69) is 5.32 Å². The van der Waals surface area contributed by atoms with Crippen molar-refractivity contribution in [1.29, 1.82) is 0 Å². The number of anilines is 1. The van der Waals surface area contributed by atoms with E-state index in [1.165, 1.54) is 11.0 Å². The molecule has 4 nitrogen and oxygen atoms in total. The summed E-state index contributed by atoms with van der Waals surface area (Å²) in [6, 6.07) is 5.27. The number of nitrogens with one attached hydrogen (secondary N) is 1. The van der Waals surface area contributed by atoms with Gasteiger partial charge in [0.15, 0.2) is 0 Å². The average molecular weight is 246 g/mol. The fourth-order valence-electron chi connectivity index (χ4n) is 1.47. The summed E-state index contributed by atoms with van der Waals surface area (Å²) in [5.41, 5.74) is 2.13. The fraction of sp³-hybridized carbons (Fsp3) is 0.286. The molecule has 0 saturated carbocycles. The van der Waals surface area contributed by atoms with Gasteiger partial charge in [-0.25, -0.2) is 0 Å². The van der Waals surface area contributed by atoms with Gasteiger partial charge < -0.3 is 10.2 Å². The van der Waals surface area contributed by atoms with Crippen molar-refractivity contribution < 1.29 is 9.59 Å². The maximum absolute atomic E-state index is 11.8. The molecule has 0 bridgehead atoms. The largest absolute Gasteiger partial charge is 0.345 e. The third kappa shape index (κ3) is 3.45. The molecular formula is C14H18N2O2. The first-order valence-corrected chi connectivity index (χ1v) is 5.71. The summed E-state index contributed by atoms with van der Waals surface area (Å²) in [5, 5.41) is 2.75. The molecule has 0 radical (unpaired) electrons. The van der Waals surface area contributed by atoms with Crippen molar-refractivity contribution in [1.82, 2.24) is 4.90 Å². The van der Waals surface area contributed by atoms with Crippen molar-refractivity contribution in [2.45, 2.75) is 13.8 Å². The molecule has 0 heterocycles. The summed E-state index contributed by atoms with van der Waals surface area (Å²) >= 11 is 0. The highest BCUT2D eigenvalue weighted by Crippen LogP contribution is 2.17. The molecule has 0 aliphatic rings. The van der Waals surface area contributed by atoms with Crippen LogP contribution >= 0.6 is 0 Å². The first-order valence-electron chi connectivity index (χ1n) is 5.71. The van der Waals surface area contributed by atoms with Gasteiger partial charge in [-0.15, -0.1) is 0 Å². The molecule has 1 rings (SSSR count). The molecule has 0 aromatic heterocycles. The monoisotopic (exact) mass is 246 g/mol. The van der Waals surface area contributed by atoms with E-state index in [0.717, 1.165) is 5.56 Å². The Morgan fingerprint density at radius 3 is 2.50 bits per heavy atom. The number of carbonyl (C=O) groups is 2. The number of carbonyl (C=O) groups excluding carboxylic acids is 2. The summed E-state index contributed by atoms with van der Waals surface area (Å²) in [4.78, 5) is 24.8. The van der Waals surface area contributed by atoms with Crippen LogP contribution in [0.1, 0.15) is 22.8 Å². The Kier molecular flexibility index (Phi) is 4.66. The molecule has 0 saturated heterocycles. The molecular weight excluding hydrogens is 228 g/mol. The van der Waals surface area contributed by atoms with E-state index in [1.807, 2.05) is 13.0 Å². The second-order valence-corrected chi connectivity index (χ2v) is 4.22. The Hall–Kier alpha value is -2.10. The van der Waals surface area contributed by atoms with Crippen molar-refractivity contribution in [2.24, 2.45) is 0 Å². The molecule has 0 spiro atoms. The predicted octanol–water partition coefficient (Wildman–Crippen LogP) is 2.21. The van der Waals surface area contributed by atoms with Crippen LogP contribution in [-0.2, 0) is 4.79 Å². The molecule has 18 heavy (non-hydrogen) atoms. The first-order chi connectivity index (χ1) is 8.45. The van der Waals surface area contributed by atoms with E-state index in [0.29, 0.717) is 11.3 Å². The molecule has 1 aromatic carbocycles. The molecule has 0 fully saturated rings. The van der Waals surface area contributed by atoms with Gasteiger partial charge in [-0.05, 0) is 37.6 Å². The van der Waals surface area contributed by atoms with E-state index in [9.17, 15) is 9.59 Å². The highest BCUT2D eigenvalue weighted by atomic mass is 16.2. The average Bonchev–Trinajstić information content (AvgIpc) is 2.31. The second kappa shape index (κ2) is 6.00. The zero-order valence-corrected chi connectivity index (χ0v) is 11.2. The van der Waals surface area contributed by atoms with Gasteiger partial charge in [0.25, 0.3) is 5.91 Å². The SMILES string of the molecule is C/C=C/C(=O)Nc1cc(C(=O)N(C)C)ccc1C. The van der Waals surface area contributed by atoms with Gasteiger partial charge in [0, 0.05) is 25.3 Å². The molecule has 2 amide bonds. The number of nitrogens with zero attached hydrogens (tertiary/aromatic N) is 1. The van der Waals surface area contributed by atoms with Crippen molar-refractivity contribution in [2.75, 3.05) is 19.4 Å². The minimum atomic E-state index is -0.199. The van der Waals surface area contributed by atoms with Crippen LogP contribution in [0.15, 0.2) is 30.4 Å². The van der Waals surface area contributed by atoms with E-state index in [-0.39, 0.29) is 11.8 Å². The van der Waals surface area contributed by atoms with E-state index in [4.69, 9.17) is 0 Å². The van der Waals surface area contributed by atoms with Crippen molar-refractivity contribution in [3.63, 3.8) is 0 Å². The van der Waals surface area contributed by atoms with Crippen LogP contribution in [0, 0.1) is 6.92 Å². The maximum Gasteiger partial charge on any atom is 0.253 e. The molecule has 0 unspecified atom stereocenters. The first kappa shape index (κ1) is 14.0. The summed E-state index contributed by atoms with van der Waals surface area (Å²) in [5.74, 6) is -0.286. The van der Waals surface area contributed by atoms with Crippen LogP contribution in [0.3, 0.4) is 0 Å². The maximum atomic E-state index is 11.8. The molecule has 0 aliphatic carbocycles. The molecule has 0 aliphatic heterocycles. The zero-order chi connectivity index (χ0) is 13.7. The standard InChI is InChI=1S/C14H18N2O2/c1-5-6-13(17)15-12-9-11(8-7-10(12)2)14(18)16(3)4/h5-9H,1-4H3,(H,15,17)/b6-5+. The van der Waals surface area contributed by atoms with Crippen molar-refractivity contribution in [3.05, 3.63) is 41.5 Å². The summed E-state index contributed by atoms with van der Waals surface area (Å²) in [6.45, 7) is 3.66. The third-order valence-corrected chi connectivity index (χ3v) is 2.47. The summed E-state index contributed by atoms with van der Waals surface area (Å²) in [6.07, 6.45) is 3.11. The van der Waals surface area contributed by atoms with Crippen LogP contribution < -0.4 is 5.32 Å². The van der Waals surface area contributed by atoms with Crippen LogP contribution in [0.2, 0.25) is 0 Å². The minimum absolute atomic E-state index is 0.0865. The van der Waals surface area contributed by atoms with Gasteiger partial charge in [0.05, 0.1) is 0 Å². The van der Waals surface area contributed by atoms with Gasteiger partial charge in [0.2, 0.25) is 5.91 Å². The molecule has 1 aromatic rings. The normalized spacial score (nSPS) is 10.4. The van der Waals surface area contributed by atoms with E-state index in [1.54, 1.807) is 39.2 Å². The Balaban J connectivity index is 3.01. The lowest BCUT2D eigenvalue weighted by Gasteiger charge is -2.13. The van der Waals surface area contributed by atoms with Crippen LogP contribution in [0.5, 0.6) is 0 Å². The van der Waals surface area contributed by atoms with Crippen molar-refractivity contribution >= 4 is 17.5 Å². The van der Waals surface area contributed by atoms with Crippen molar-refractivity contribution in [3.8, 4) is 0 Å². The Labute approximate surface area is 107 Å². The predicted molar refractivity (Wildman–Crippen MR) is 72.6 cm³/mol. The van der Waals surface area contributed by atoms with Gasteiger partial charge in [-0.3, -0.25) is 9.59 Å². The van der Waals surface area contributed by atoms with Gasteiger partial charge in [-0.1, -0.05) is 12.1 Å². The van der Waals surface area contributed by atoms with Crippen LogP contribution in [-0.4, -0.2) is 30.8 Å². The lowest BCUT2D eigenvalue weighted by atomic mass is 10.1. The number of aryl methyl sites for hydroxylation is 1. The highest BCUT2D eigenvalue weighted by Gasteiger charge is 2.10. The summed E-state index contributed by atoms with van der Waals surface area (Å²) in [7, 11) is 3.39. The fourth-order valence-corrected chi connectivity index (χ4v) is 1.47. The molecule has 4 heteroatoms.